The smallest absolute Gasteiger partial charge is 0.243 e. The van der Waals surface area contributed by atoms with Crippen LogP contribution in [0.1, 0.15) is 43.7 Å². The average Bonchev–Trinajstić information content (AvgIpc) is 3.23. The molecule has 0 bridgehead atoms. The summed E-state index contributed by atoms with van der Waals surface area (Å²) in [6, 6.07) is 7.82. The van der Waals surface area contributed by atoms with Crippen molar-refractivity contribution < 1.29 is 48.1 Å². The lowest BCUT2D eigenvalue weighted by Gasteiger charge is -2.33. The van der Waals surface area contributed by atoms with Crippen LogP contribution < -0.4 is 70.0 Å². The zero-order chi connectivity index (χ0) is 45.0. The first-order chi connectivity index (χ1) is 29.1. The molecule has 61 heavy (non-hydrogen) atoms. The highest BCUT2D eigenvalue weighted by molar-refractivity contribution is 5.94. The molecular formula is C40H61N11O10. The van der Waals surface area contributed by atoms with Gasteiger partial charge in [-0.3, -0.25) is 28.8 Å². The van der Waals surface area contributed by atoms with Gasteiger partial charge in [0, 0.05) is 19.5 Å². The highest BCUT2D eigenvalue weighted by atomic mass is 16.6. The maximum Gasteiger partial charge on any atom is 0.243 e. The predicted molar refractivity (Wildman–Crippen MR) is 223 cm³/mol. The van der Waals surface area contributed by atoms with E-state index in [-0.39, 0.29) is 71.2 Å². The van der Waals surface area contributed by atoms with E-state index in [0.717, 1.165) is 5.56 Å². The van der Waals surface area contributed by atoms with Crippen molar-refractivity contribution in [1.82, 2.24) is 31.9 Å². The molecule has 21 heteroatoms. The zero-order valence-electron chi connectivity index (χ0n) is 34.4. The number of aliphatic hydroxyl groups excluding tert-OH is 1. The van der Waals surface area contributed by atoms with E-state index in [9.17, 15) is 38.7 Å². The molecule has 21 nitrogen and oxygen atoms in total. The lowest BCUT2D eigenvalue weighted by Crippen LogP contribution is -2.63. The van der Waals surface area contributed by atoms with E-state index in [1.165, 1.54) is 6.92 Å². The average molecular weight is 856 g/mol. The molecule has 7 atom stereocenters. The standard InChI is InChI=1S/C40H61N11O10/c1-24(53)34(47-22-40(23-52,12-15-43)51-36(56)27(44)9-13-41)39(59)46-16-11-29(48-33(54)21-26-7-8-31-32(20-26)61-18-17-60-31)38(58)49-28(10-14-42)37(57)50-30(35(45)55)19-25-5-3-2-4-6-25/h2-8,20,23-24,27-30,34,47,53H,9-19,21-22,41-44H2,1H3,(H2,45,55)(H,46,59)(H,48,54)(H,49,58)(H,50,57)(H,51,56)/t24-,27+,28+,29+,30-,34+,40+/m1/s1. The molecule has 0 saturated carbocycles. The quantitative estimate of drug-likeness (QED) is 0.0377. The van der Waals surface area contributed by atoms with E-state index in [2.05, 4.69) is 31.9 Å². The van der Waals surface area contributed by atoms with Crippen molar-refractivity contribution in [3.05, 3.63) is 59.7 Å². The molecule has 0 unspecified atom stereocenters. The highest BCUT2D eigenvalue weighted by Gasteiger charge is 2.35. The molecule has 1 aliphatic heterocycles. The van der Waals surface area contributed by atoms with Crippen LogP contribution in [0.2, 0.25) is 0 Å². The van der Waals surface area contributed by atoms with E-state index in [4.69, 9.17) is 38.1 Å². The lowest BCUT2D eigenvalue weighted by molar-refractivity contribution is -0.133. The van der Waals surface area contributed by atoms with Crippen LogP contribution >= 0.6 is 0 Å². The first kappa shape index (κ1) is 49.7. The Morgan fingerprint density at radius 1 is 0.787 bits per heavy atom. The molecule has 17 N–H and O–H groups in total. The number of aliphatic hydroxyl groups is 1. The van der Waals surface area contributed by atoms with E-state index >= 15 is 0 Å². The van der Waals surface area contributed by atoms with Crippen LogP contribution in [0.4, 0.5) is 0 Å². The van der Waals surface area contributed by atoms with E-state index in [0.29, 0.717) is 36.6 Å². The van der Waals surface area contributed by atoms with E-state index < -0.39 is 77.3 Å². The van der Waals surface area contributed by atoms with Gasteiger partial charge in [-0.1, -0.05) is 36.4 Å². The number of amides is 6. The van der Waals surface area contributed by atoms with Crippen molar-refractivity contribution in [2.75, 3.05) is 45.9 Å². The SMILES string of the molecule is C[C@@H](O)[C@H](NC[C@](C=O)(CCN)NC(=O)[C@@H](N)CCN)C(=O)NCC[C@H](NC(=O)Cc1ccc2c(c1)OCCO2)C(=O)N[C@@H](CCN)C(=O)N[C@H](Cc1ccccc1)C(N)=O. The second kappa shape index (κ2) is 25.2. The number of carbonyl (C=O) groups excluding carboxylic acids is 7. The fourth-order valence-electron chi connectivity index (χ4n) is 6.41. The maximum absolute atomic E-state index is 13.9. The van der Waals surface area contributed by atoms with Crippen molar-refractivity contribution in [2.45, 2.75) is 87.3 Å². The molecule has 2 aromatic carbocycles. The molecule has 0 fully saturated rings. The van der Waals surface area contributed by atoms with Crippen molar-refractivity contribution >= 4 is 41.7 Å². The Kier molecular flexibility index (Phi) is 20.5. The van der Waals surface area contributed by atoms with Gasteiger partial charge in [0.25, 0.3) is 0 Å². The lowest BCUT2D eigenvalue weighted by atomic mass is 9.95. The van der Waals surface area contributed by atoms with Crippen LogP contribution in [0.15, 0.2) is 48.5 Å². The number of rotatable bonds is 27. The summed E-state index contributed by atoms with van der Waals surface area (Å²) in [6.45, 7) is 1.57. The molecule has 336 valence electrons. The molecule has 2 aromatic rings. The van der Waals surface area contributed by atoms with Crippen LogP contribution in [-0.2, 0) is 46.4 Å². The number of benzene rings is 2. The summed E-state index contributed by atoms with van der Waals surface area (Å²) in [5.41, 5.74) is 28.2. The minimum Gasteiger partial charge on any atom is -0.486 e. The van der Waals surface area contributed by atoms with Crippen LogP contribution in [0.25, 0.3) is 0 Å². The number of hydrogen-bond donors (Lipinski definition) is 12. The van der Waals surface area contributed by atoms with Crippen LogP contribution in [0.3, 0.4) is 0 Å². The molecule has 0 spiro atoms. The summed E-state index contributed by atoms with van der Waals surface area (Å²) in [5.74, 6) is -3.34. The molecule has 1 heterocycles. The first-order valence-corrected chi connectivity index (χ1v) is 20.1. The zero-order valence-corrected chi connectivity index (χ0v) is 34.4. The number of nitrogens with two attached hydrogens (primary N) is 5. The first-order valence-electron chi connectivity index (χ1n) is 20.1. The van der Waals surface area contributed by atoms with Crippen molar-refractivity contribution in [1.29, 1.82) is 0 Å². The molecule has 6 amide bonds. The number of aldehydes is 1. The number of hydrogen-bond acceptors (Lipinski definition) is 15. The van der Waals surface area contributed by atoms with Crippen LogP contribution in [-0.4, -0.2) is 135 Å². The molecule has 0 saturated heterocycles. The summed E-state index contributed by atoms with van der Waals surface area (Å²) in [5, 5.41) is 26.4. The summed E-state index contributed by atoms with van der Waals surface area (Å²) in [4.78, 5) is 91.6. The maximum atomic E-state index is 13.9. The predicted octanol–water partition coefficient (Wildman–Crippen LogP) is -4.54. The summed E-state index contributed by atoms with van der Waals surface area (Å²) in [7, 11) is 0. The largest absolute Gasteiger partial charge is 0.486 e. The summed E-state index contributed by atoms with van der Waals surface area (Å²) >= 11 is 0. The van der Waals surface area contributed by atoms with Crippen LogP contribution in [0.5, 0.6) is 11.5 Å². The van der Waals surface area contributed by atoms with Crippen LogP contribution in [0, 0.1) is 0 Å². The Morgan fingerprint density at radius 2 is 1.43 bits per heavy atom. The number of fused-ring (bicyclic) bond motifs is 1. The molecule has 0 radical (unpaired) electrons. The number of primary amides is 1. The molecule has 0 aliphatic carbocycles. The molecule has 0 aromatic heterocycles. The molecule has 1 aliphatic rings. The van der Waals surface area contributed by atoms with Gasteiger partial charge in [0.15, 0.2) is 11.5 Å². The van der Waals surface area contributed by atoms with Gasteiger partial charge >= 0.3 is 0 Å². The molecular weight excluding hydrogens is 795 g/mol. The third-order valence-electron chi connectivity index (χ3n) is 9.79. The summed E-state index contributed by atoms with van der Waals surface area (Å²) < 4.78 is 11.2. The topological polar surface area (TPSA) is 360 Å². The Hall–Kier alpha value is -5.71. The third kappa shape index (κ3) is 16.0. The second-order valence-corrected chi connectivity index (χ2v) is 14.7. The highest BCUT2D eigenvalue weighted by Crippen LogP contribution is 2.30. The van der Waals surface area contributed by atoms with E-state index in [1.54, 1.807) is 48.5 Å². The van der Waals surface area contributed by atoms with Gasteiger partial charge in [0.05, 0.1) is 18.6 Å². The molecule has 3 rings (SSSR count). The van der Waals surface area contributed by atoms with Gasteiger partial charge in [0.2, 0.25) is 35.4 Å². The second-order valence-electron chi connectivity index (χ2n) is 14.7. The Balaban J connectivity index is 1.77. The van der Waals surface area contributed by atoms with Crippen molar-refractivity contribution in [3.63, 3.8) is 0 Å². The van der Waals surface area contributed by atoms with Gasteiger partial charge in [-0.05, 0) is 75.5 Å². The normalized spacial score (nSPS) is 15.9. The summed E-state index contributed by atoms with van der Waals surface area (Å²) in [6.07, 6.45) is -1.05. The third-order valence-corrected chi connectivity index (χ3v) is 9.79. The Morgan fingerprint density at radius 3 is 2.03 bits per heavy atom. The Bertz CT molecular complexity index is 1790. The number of ether oxygens (including phenoxy) is 2. The minimum absolute atomic E-state index is 0.0184. The number of nitrogens with one attached hydrogen (secondary N) is 6. The minimum atomic E-state index is -1.58. The van der Waals surface area contributed by atoms with Gasteiger partial charge in [0.1, 0.15) is 49.2 Å². The van der Waals surface area contributed by atoms with Gasteiger partial charge < -0.3 is 79.9 Å². The van der Waals surface area contributed by atoms with Crippen molar-refractivity contribution in [2.24, 2.45) is 28.7 Å². The van der Waals surface area contributed by atoms with Gasteiger partial charge in [-0.25, -0.2) is 0 Å². The fraction of sp³-hybridized carbons (Fsp3) is 0.525. The monoisotopic (exact) mass is 855 g/mol. The van der Waals surface area contributed by atoms with Gasteiger partial charge in [-0.2, -0.15) is 0 Å². The van der Waals surface area contributed by atoms with Crippen molar-refractivity contribution in [3.8, 4) is 11.5 Å². The van der Waals surface area contributed by atoms with Gasteiger partial charge in [-0.15, -0.1) is 0 Å². The Labute approximate surface area is 354 Å². The fourth-order valence-corrected chi connectivity index (χ4v) is 6.41. The van der Waals surface area contributed by atoms with E-state index in [1.807, 2.05) is 0 Å². The number of carbonyl (C=O) groups is 7.